The maximum Gasteiger partial charge on any atom is 0.234 e. The van der Waals surface area contributed by atoms with E-state index in [2.05, 4.69) is 30.7 Å². The van der Waals surface area contributed by atoms with Gasteiger partial charge in [-0.1, -0.05) is 47.5 Å². The summed E-state index contributed by atoms with van der Waals surface area (Å²) in [5, 5.41) is 3.98. The number of hydrogen-bond acceptors (Lipinski definition) is 3. The van der Waals surface area contributed by atoms with Gasteiger partial charge in [-0.3, -0.25) is 14.5 Å². The van der Waals surface area contributed by atoms with E-state index >= 15 is 0 Å². The highest BCUT2D eigenvalue weighted by molar-refractivity contribution is 8.32. The Balaban J connectivity index is 0.00000137. The molecule has 2 aromatic rings. The first-order valence-corrected chi connectivity index (χ1v) is 15.2. The summed E-state index contributed by atoms with van der Waals surface area (Å²) in [5.41, 5.74) is 1.56. The van der Waals surface area contributed by atoms with Crippen LogP contribution in [0.2, 0.25) is 10.0 Å². The van der Waals surface area contributed by atoms with E-state index in [4.69, 9.17) is 27.9 Å². The SMILES string of the molecule is C=CC.CS(C)(C)CCOCN(C(=O)C1CNC(=O)C[C@H]1c1cccc(Cl)c1)c1cccc(Cl)c1. The van der Waals surface area contributed by atoms with Gasteiger partial charge < -0.3 is 10.1 Å². The fourth-order valence-electron chi connectivity index (χ4n) is 3.70. The summed E-state index contributed by atoms with van der Waals surface area (Å²) < 4.78 is 5.93. The highest BCUT2D eigenvalue weighted by Gasteiger charge is 2.38. The molecule has 1 aliphatic rings. The quantitative estimate of drug-likeness (QED) is 0.250. The number of anilines is 1. The van der Waals surface area contributed by atoms with Gasteiger partial charge in [-0.2, -0.15) is 0 Å². The van der Waals surface area contributed by atoms with Crippen molar-refractivity contribution in [1.82, 2.24) is 5.32 Å². The number of piperidine rings is 1. The molecular weight excluding hydrogens is 503 g/mol. The first-order valence-electron chi connectivity index (χ1n) is 11.5. The van der Waals surface area contributed by atoms with Crippen molar-refractivity contribution in [3.63, 3.8) is 0 Å². The number of halogens is 2. The van der Waals surface area contributed by atoms with Crippen LogP contribution in [0.1, 0.15) is 24.8 Å². The molecule has 0 aliphatic carbocycles. The van der Waals surface area contributed by atoms with Gasteiger partial charge in [0.2, 0.25) is 11.8 Å². The third-order valence-corrected chi connectivity index (χ3v) is 7.31. The third-order valence-electron chi connectivity index (χ3n) is 5.45. The Labute approximate surface area is 221 Å². The van der Waals surface area contributed by atoms with Crippen molar-refractivity contribution < 1.29 is 14.3 Å². The fourth-order valence-corrected chi connectivity index (χ4v) is 4.70. The Morgan fingerprint density at radius 2 is 1.80 bits per heavy atom. The minimum atomic E-state index is -0.699. The Morgan fingerprint density at radius 1 is 1.17 bits per heavy atom. The molecule has 1 saturated heterocycles. The molecule has 35 heavy (non-hydrogen) atoms. The van der Waals surface area contributed by atoms with Crippen molar-refractivity contribution in [3.05, 3.63) is 76.8 Å². The number of nitrogens with zero attached hydrogens (tertiary/aromatic N) is 1. The smallest absolute Gasteiger partial charge is 0.234 e. The van der Waals surface area contributed by atoms with Crippen LogP contribution in [0.25, 0.3) is 0 Å². The summed E-state index contributed by atoms with van der Waals surface area (Å²) in [5.74, 6) is 0.0607. The van der Waals surface area contributed by atoms with Crippen LogP contribution in [0.3, 0.4) is 0 Å². The van der Waals surface area contributed by atoms with Crippen molar-refractivity contribution >= 4 is 50.7 Å². The molecular formula is C27H36Cl2N2O3S. The number of ether oxygens (including phenoxy) is 1. The van der Waals surface area contributed by atoms with E-state index in [1.165, 1.54) is 0 Å². The monoisotopic (exact) mass is 538 g/mol. The van der Waals surface area contributed by atoms with E-state index in [9.17, 15) is 9.59 Å². The van der Waals surface area contributed by atoms with E-state index in [1.54, 1.807) is 29.2 Å². The Kier molecular flexibility index (Phi) is 11.6. The van der Waals surface area contributed by atoms with Crippen LogP contribution in [0, 0.1) is 5.92 Å². The first-order chi connectivity index (χ1) is 16.6. The lowest BCUT2D eigenvalue weighted by Gasteiger charge is -2.35. The molecule has 2 atom stereocenters. The highest BCUT2D eigenvalue weighted by atomic mass is 35.5. The molecule has 0 aromatic heterocycles. The summed E-state index contributed by atoms with van der Waals surface area (Å²) in [6, 6.07) is 14.6. The maximum absolute atomic E-state index is 13.8. The van der Waals surface area contributed by atoms with Gasteiger partial charge in [-0.25, -0.2) is 10.0 Å². The minimum absolute atomic E-state index is 0.0715. The third kappa shape index (κ3) is 9.53. The molecule has 192 valence electrons. The maximum atomic E-state index is 13.8. The number of carbonyl (C=O) groups excluding carboxylic acids is 2. The molecule has 3 rings (SSSR count). The van der Waals surface area contributed by atoms with E-state index in [0.717, 1.165) is 11.3 Å². The largest absolute Gasteiger partial charge is 0.360 e. The Bertz CT molecular complexity index is 1010. The number of carbonyl (C=O) groups is 2. The number of hydrogen-bond donors (Lipinski definition) is 1. The van der Waals surface area contributed by atoms with Crippen LogP contribution in [0.4, 0.5) is 5.69 Å². The molecule has 1 unspecified atom stereocenters. The van der Waals surface area contributed by atoms with Gasteiger partial charge in [0.25, 0.3) is 0 Å². The second kappa shape index (κ2) is 13.9. The molecule has 1 heterocycles. The normalized spacial score (nSPS) is 18.1. The van der Waals surface area contributed by atoms with Crippen molar-refractivity contribution in [2.24, 2.45) is 5.92 Å². The number of benzene rings is 2. The number of amides is 2. The number of allylic oxidation sites excluding steroid dienone is 1. The molecule has 1 fully saturated rings. The molecule has 0 saturated carbocycles. The van der Waals surface area contributed by atoms with Crippen molar-refractivity contribution in [3.8, 4) is 0 Å². The van der Waals surface area contributed by atoms with Gasteiger partial charge in [0, 0.05) is 40.4 Å². The molecule has 0 spiro atoms. The number of nitrogens with one attached hydrogen (secondary N) is 1. The molecule has 1 aliphatic heterocycles. The van der Waals surface area contributed by atoms with E-state index in [0.29, 0.717) is 22.3 Å². The summed E-state index contributed by atoms with van der Waals surface area (Å²) in [4.78, 5) is 27.6. The van der Waals surface area contributed by atoms with Crippen LogP contribution < -0.4 is 10.2 Å². The van der Waals surface area contributed by atoms with Crippen LogP contribution >= 0.6 is 33.2 Å². The van der Waals surface area contributed by atoms with Crippen LogP contribution in [0.15, 0.2) is 61.2 Å². The predicted molar refractivity (Wildman–Crippen MR) is 151 cm³/mol. The van der Waals surface area contributed by atoms with Crippen molar-refractivity contribution in [1.29, 1.82) is 0 Å². The second-order valence-electron chi connectivity index (χ2n) is 9.26. The summed E-state index contributed by atoms with van der Waals surface area (Å²) >= 11 is 12.4. The predicted octanol–water partition coefficient (Wildman–Crippen LogP) is 6.11. The molecule has 0 radical (unpaired) electrons. The van der Waals surface area contributed by atoms with Crippen molar-refractivity contribution in [2.45, 2.75) is 19.3 Å². The lowest BCUT2D eigenvalue weighted by atomic mass is 9.80. The second-order valence-corrected chi connectivity index (χ2v) is 14.7. The summed E-state index contributed by atoms with van der Waals surface area (Å²) in [7, 11) is -0.699. The van der Waals surface area contributed by atoms with Crippen molar-refractivity contribution in [2.75, 3.05) is 49.3 Å². The molecule has 2 aromatic carbocycles. The van der Waals surface area contributed by atoms with E-state index in [1.807, 2.05) is 37.3 Å². The topological polar surface area (TPSA) is 58.6 Å². The summed E-state index contributed by atoms with van der Waals surface area (Å²) in [6.45, 7) is 6.21. The molecule has 1 N–H and O–H groups in total. The van der Waals surface area contributed by atoms with Gasteiger partial charge in [-0.05, 0) is 61.6 Å². The van der Waals surface area contributed by atoms with Gasteiger partial charge in [0.05, 0.1) is 12.5 Å². The van der Waals surface area contributed by atoms with Gasteiger partial charge in [0.1, 0.15) is 6.73 Å². The standard InChI is InChI=1S/C24H30Cl2N2O3S.C3H6/c1-32(2,3)11-10-31-16-28(20-9-5-8-19(26)13-20)24(30)22-15-27-23(29)14-21(22)17-6-4-7-18(25)12-17;1-3-2/h4-9,12-13,21-22H,10-11,14-16H2,1-3H3,(H,27,29);3H,1H2,2H3/t21-,22?;/m0./s1. The zero-order valence-electron chi connectivity index (χ0n) is 20.9. The van der Waals surface area contributed by atoms with Gasteiger partial charge in [0.15, 0.2) is 0 Å². The fraction of sp³-hybridized carbons (Fsp3) is 0.407. The highest BCUT2D eigenvalue weighted by Crippen LogP contribution is 2.35. The molecule has 2 amide bonds. The van der Waals surface area contributed by atoms with Crippen LogP contribution in [-0.2, 0) is 14.3 Å². The average Bonchev–Trinajstić information content (AvgIpc) is 2.78. The lowest BCUT2D eigenvalue weighted by molar-refractivity contribution is -0.129. The minimum Gasteiger partial charge on any atom is -0.360 e. The molecule has 0 bridgehead atoms. The lowest BCUT2D eigenvalue weighted by Crippen LogP contribution is -2.49. The van der Waals surface area contributed by atoms with E-state index < -0.39 is 15.9 Å². The molecule has 8 heteroatoms. The van der Waals surface area contributed by atoms with Crippen LogP contribution in [-0.4, -0.2) is 56.2 Å². The van der Waals surface area contributed by atoms with Crippen LogP contribution in [0.5, 0.6) is 0 Å². The zero-order chi connectivity index (χ0) is 26.0. The first kappa shape index (κ1) is 29.2. The summed E-state index contributed by atoms with van der Waals surface area (Å²) in [6.07, 6.45) is 8.68. The van der Waals surface area contributed by atoms with Gasteiger partial charge >= 0.3 is 0 Å². The van der Waals surface area contributed by atoms with Gasteiger partial charge in [-0.15, -0.1) is 6.58 Å². The Morgan fingerprint density at radius 3 is 2.40 bits per heavy atom. The number of rotatable bonds is 8. The average molecular weight is 540 g/mol. The van der Waals surface area contributed by atoms with E-state index in [-0.39, 0.29) is 37.4 Å². The zero-order valence-corrected chi connectivity index (χ0v) is 23.3. The Hall–Kier alpha value is -1.99. The molecule has 5 nitrogen and oxygen atoms in total.